The van der Waals surface area contributed by atoms with Gasteiger partial charge in [0, 0.05) is 12.4 Å². The third kappa shape index (κ3) is 2.50. The van der Waals surface area contributed by atoms with Gasteiger partial charge >= 0.3 is 0 Å². The van der Waals surface area contributed by atoms with E-state index in [1.807, 2.05) is 12.1 Å². The molecule has 1 aromatic heterocycles. The normalized spacial score (nSPS) is 27.3. The Kier molecular flexibility index (Phi) is 3.39. The van der Waals surface area contributed by atoms with Crippen LogP contribution in [-0.4, -0.2) is 10.1 Å². The molecule has 16 heavy (non-hydrogen) atoms. The number of hydrogen-bond acceptors (Lipinski definition) is 2. The van der Waals surface area contributed by atoms with Gasteiger partial charge in [-0.05, 0) is 43.2 Å². The maximum Gasteiger partial charge on any atom is 0.0836 e. The monoisotopic (exact) mass is 217 g/mol. The second kappa shape index (κ2) is 4.79. The lowest BCUT2D eigenvalue weighted by Gasteiger charge is -2.29. The number of pyridine rings is 1. The molecule has 0 fully saturated rings. The van der Waals surface area contributed by atoms with E-state index in [0.29, 0.717) is 11.8 Å². The first-order chi connectivity index (χ1) is 7.66. The van der Waals surface area contributed by atoms with Gasteiger partial charge in [0.25, 0.3) is 0 Å². The summed E-state index contributed by atoms with van der Waals surface area (Å²) in [4.78, 5) is 4.06. The van der Waals surface area contributed by atoms with Crippen LogP contribution in [0.3, 0.4) is 0 Å². The van der Waals surface area contributed by atoms with E-state index in [0.717, 1.165) is 18.4 Å². The number of aliphatic hydroxyl groups is 1. The molecule has 1 aliphatic rings. The number of hydrogen-bond donors (Lipinski definition) is 1. The zero-order valence-corrected chi connectivity index (χ0v) is 9.93. The Hall–Kier alpha value is -1.15. The van der Waals surface area contributed by atoms with Gasteiger partial charge in [-0.3, -0.25) is 4.98 Å². The minimum absolute atomic E-state index is 0.337. The molecule has 1 N–H and O–H groups in total. The van der Waals surface area contributed by atoms with Crippen molar-refractivity contribution in [2.75, 3.05) is 0 Å². The molecular formula is C14H19NO. The molecule has 2 nitrogen and oxygen atoms in total. The van der Waals surface area contributed by atoms with Gasteiger partial charge in [-0.25, -0.2) is 0 Å². The Morgan fingerprint density at radius 2 is 2.31 bits per heavy atom. The lowest BCUT2D eigenvalue weighted by Crippen LogP contribution is -2.19. The molecule has 3 unspecified atom stereocenters. The van der Waals surface area contributed by atoms with Gasteiger partial charge in [-0.15, -0.1) is 0 Å². The number of nitrogens with zero attached hydrogens (tertiary/aromatic N) is 1. The van der Waals surface area contributed by atoms with Crippen molar-refractivity contribution < 1.29 is 5.11 Å². The highest BCUT2D eigenvalue weighted by Crippen LogP contribution is 2.36. The summed E-state index contributed by atoms with van der Waals surface area (Å²) in [6, 6.07) is 3.84. The predicted molar refractivity (Wildman–Crippen MR) is 64.8 cm³/mol. The van der Waals surface area contributed by atoms with E-state index >= 15 is 0 Å². The van der Waals surface area contributed by atoms with Crippen molar-refractivity contribution in [1.82, 2.24) is 4.98 Å². The summed E-state index contributed by atoms with van der Waals surface area (Å²) >= 11 is 0. The minimum Gasteiger partial charge on any atom is -0.388 e. The number of aliphatic hydroxyl groups excluding tert-OH is 1. The molecule has 0 amide bonds. The molecule has 0 aromatic carbocycles. The molecule has 0 saturated carbocycles. The molecular weight excluding hydrogens is 198 g/mol. The highest BCUT2D eigenvalue weighted by molar-refractivity contribution is 5.16. The van der Waals surface area contributed by atoms with Crippen LogP contribution >= 0.6 is 0 Å². The summed E-state index contributed by atoms with van der Waals surface area (Å²) in [5.41, 5.74) is 2.33. The fourth-order valence-electron chi connectivity index (χ4n) is 2.66. The number of aromatic nitrogens is 1. The maximum absolute atomic E-state index is 10.3. The smallest absolute Gasteiger partial charge is 0.0836 e. The third-order valence-corrected chi connectivity index (χ3v) is 3.30. The first-order valence-electron chi connectivity index (χ1n) is 5.92. The van der Waals surface area contributed by atoms with Crippen LogP contribution in [0.5, 0.6) is 0 Å². The number of rotatable bonds is 2. The number of allylic oxidation sites excluding steroid dienone is 2. The van der Waals surface area contributed by atoms with Crippen molar-refractivity contribution in [2.45, 2.75) is 32.8 Å². The van der Waals surface area contributed by atoms with Crippen LogP contribution in [0.25, 0.3) is 0 Å². The molecule has 3 atom stereocenters. The Labute approximate surface area is 97.0 Å². The molecule has 0 radical (unpaired) electrons. The molecule has 1 aromatic rings. The Balaban J connectivity index is 2.12. The first kappa shape index (κ1) is 11.3. The van der Waals surface area contributed by atoms with E-state index in [1.165, 1.54) is 5.57 Å². The topological polar surface area (TPSA) is 33.1 Å². The Morgan fingerprint density at radius 1 is 1.50 bits per heavy atom. The van der Waals surface area contributed by atoms with Gasteiger partial charge in [0.1, 0.15) is 0 Å². The lowest BCUT2D eigenvalue weighted by atomic mass is 9.79. The third-order valence-electron chi connectivity index (χ3n) is 3.30. The van der Waals surface area contributed by atoms with Gasteiger partial charge in [0.15, 0.2) is 0 Å². The van der Waals surface area contributed by atoms with Crippen LogP contribution in [0.2, 0.25) is 0 Å². The van der Waals surface area contributed by atoms with Crippen molar-refractivity contribution >= 4 is 0 Å². The molecule has 0 saturated heterocycles. The SMILES string of the molecule is CC1=CC(C)CC(C(O)c2cccnc2)C1. The van der Waals surface area contributed by atoms with E-state index in [9.17, 15) is 5.11 Å². The van der Waals surface area contributed by atoms with Crippen LogP contribution in [0.4, 0.5) is 0 Å². The largest absolute Gasteiger partial charge is 0.388 e. The van der Waals surface area contributed by atoms with E-state index in [1.54, 1.807) is 12.4 Å². The highest BCUT2D eigenvalue weighted by Gasteiger charge is 2.25. The quantitative estimate of drug-likeness (QED) is 0.772. The van der Waals surface area contributed by atoms with Gasteiger partial charge in [-0.2, -0.15) is 0 Å². The predicted octanol–water partition coefficient (Wildman–Crippen LogP) is 3.11. The molecule has 2 rings (SSSR count). The molecule has 0 aliphatic heterocycles. The highest BCUT2D eigenvalue weighted by atomic mass is 16.3. The molecule has 0 spiro atoms. The summed E-state index contributed by atoms with van der Waals surface area (Å²) in [6.07, 6.45) is 7.51. The van der Waals surface area contributed by atoms with Crippen LogP contribution in [0, 0.1) is 11.8 Å². The molecule has 0 bridgehead atoms. The lowest BCUT2D eigenvalue weighted by molar-refractivity contribution is 0.0929. The van der Waals surface area contributed by atoms with Crippen molar-refractivity contribution in [3.8, 4) is 0 Å². The summed E-state index contributed by atoms with van der Waals surface area (Å²) in [5.74, 6) is 0.911. The summed E-state index contributed by atoms with van der Waals surface area (Å²) in [6.45, 7) is 4.37. The van der Waals surface area contributed by atoms with E-state index in [-0.39, 0.29) is 6.10 Å². The second-order valence-electron chi connectivity index (χ2n) is 4.92. The van der Waals surface area contributed by atoms with Crippen LogP contribution < -0.4 is 0 Å². The fourth-order valence-corrected chi connectivity index (χ4v) is 2.66. The van der Waals surface area contributed by atoms with Crippen molar-refractivity contribution in [1.29, 1.82) is 0 Å². The maximum atomic E-state index is 10.3. The molecule has 2 heteroatoms. The minimum atomic E-state index is -0.375. The van der Waals surface area contributed by atoms with E-state index < -0.39 is 0 Å². The Morgan fingerprint density at radius 3 is 2.94 bits per heavy atom. The van der Waals surface area contributed by atoms with Gasteiger partial charge in [0.2, 0.25) is 0 Å². The summed E-state index contributed by atoms with van der Waals surface area (Å²) in [7, 11) is 0. The van der Waals surface area contributed by atoms with Crippen molar-refractivity contribution in [2.24, 2.45) is 11.8 Å². The standard InChI is InChI=1S/C14H19NO/c1-10-6-11(2)8-13(7-10)14(16)12-4-3-5-15-9-12/h3-6,9-10,13-14,16H,7-8H2,1-2H3. The van der Waals surface area contributed by atoms with Gasteiger partial charge in [-0.1, -0.05) is 24.6 Å². The van der Waals surface area contributed by atoms with Gasteiger partial charge < -0.3 is 5.11 Å². The summed E-state index contributed by atoms with van der Waals surface area (Å²) in [5, 5.41) is 10.3. The van der Waals surface area contributed by atoms with E-state index in [2.05, 4.69) is 24.9 Å². The average Bonchev–Trinajstić information content (AvgIpc) is 2.28. The average molecular weight is 217 g/mol. The Bertz CT molecular complexity index is 372. The molecule has 86 valence electrons. The zero-order valence-electron chi connectivity index (χ0n) is 9.93. The second-order valence-corrected chi connectivity index (χ2v) is 4.92. The van der Waals surface area contributed by atoms with Crippen LogP contribution in [-0.2, 0) is 0 Å². The van der Waals surface area contributed by atoms with E-state index in [4.69, 9.17) is 0 Å². The fraction of sp³-hybridized carbons (Fsp3) is 0.500. The zero-order chi connectivity index (χ0) is 11.5. The summed E-state index contributed by atoms with van der Waals surface area (Å²) < 4.78 is 0. The molecule has 1 aliphatic carbocycles. The van der Waals surface area contributed by atoms with Crippen LogP contribution in [0.15, 0.2) is 36.2 Å². The van der Waals surface area contributed by atoms with Gasteiger partial charge in [0.05, 0.1) is 6.10 Å². The first-order valence-corrected chi connectivity index (χ1v) is 5.92. The van der Waals surface area contributed by atoms with Crippen molar-refractivity contribution in [3.05, 3.63) is 41.7 Å². The molecule has 1 heterocycles. The van der Waals surface area contributed by atoms with Crippen molar-refractivity contribution in [3.63, 3.8) is 0 Å². The van der Waals surface area contributed by atoms with Crippen LogP contribution in [0.1, 0.15) is 38.4 Å².